The largest absolute Gasteiger partial charge is 0.444 e. The molecule has 2 N–H and O–H groups in total. The molecule has 2 rings (SSSR count). The minimum absolute atomic E-state index is 0.458. The summed E-state index contributed by atoms with van der Waals surface area (Å²) in [5, 5.41) is 6.50. The molecule has 1 heterocycles. The van der Waals surface area contributed by atoms with Crippen LogP contribution in [0, 0.1) is 5.92 Å². The third-order valence-corrected chi connectivity index (χ3v) is 3.69. The van der Waals surface area contributed by atoms with Crippen molar-refractivity contribution in [3.8, 4) is 11.5 Å². The van der Waals surface area contributed by atoms with Crippen LogP contribution < -0.4 is 10.6 Å². The summed E-state index contributed by atoms with van der Waals surface area (Å²) >= 11 is 0. The molecule has 0 saturated carbocycles. The van der Waals surface area contributed by atoms with Gasteiger partial charge in [-0.1, -0.05) is 32.0 Å². The average Bonchev–Trinajstić information content (AvgIpc) is 3.12. The maximum absolute atomic E-state index is 5.62. The topological polar surface area (TPSA) is 71.7 Å². The van der Waals surface area contributed by atoms with Crippen LogP contribution in [-0.4, -0.2) is 37.2 Å². The summed E-state index contributed by atoms with van der Waals surface area (Å²) in [5.74, 6) is 2.04. The Labute approximate surface area is 156 Å². The Morgan fingerprint density at radius 3 is 2.73 bits per heavy atom. The molecular formula is C20H30N4O2. The number of nitrogens with one attached hydrogen (secondary N) is 2. The molecule has 6 nitrogen and oxygen atoms in total. The standard InChI is InChI=1S/C20H30N4O2/c1-4-21-20(22-11-13-25-12-10-16(2)3)23-14-18-15-26-19(24-18)17-8-6-5-7-9-17/h5-9,15-16H,4,10-14H2,1-3H3,(H2,21,22,23). The van der Waals surface area contributed by atoms with Crippen molar-refractivity contribution in [2.45, 2.75) is 33.7 Å². The highest BCUT2D eigenvalue weighted by Gasteiger charge is 2.06. The molecule has 0 bridgehead atoms. The minimum Gasteiger partial charge on any atom is -0.444 e. The van der Waals surface area contributed by atoms with Crippen molar-refractivity contribution in [2.24, 2.45) is 10.9 Å². The van der Waals surface area contributed by atoms with Gasteiger partial charge in [0.1, 0.15) is 12.0 Å². The third kappa shape index (κ3) is 7.27. The second-order valence-electron chi connectivity index (χ2n) is 6.43. The number of aliphatic imine (C=N–C) groups is 1. The Hall–Kier alpha value is -2.34. The zero-order valence-electron chi connectivity index (χ0n) is 16.0. The van der Waals surface area contributed by atoms with Crippen LogP contribution in [0.5, 0.6) is 0 Å². The van der Waals surface area contributed by atoms with Gasteiger partial charge in [0.2, 0.25) is 5.89 Å². The van der Waals surface area contributed by atoms with Gasteiger partial charge in [-0.15, -0.1) is 0 Å². The van der Waals surface area contributed by atoms with E-state index < -0.39 is 0 Å². The number of nitrogens with zero attached hydrogens (tertiary/aromatic N) is 2. The van der Waals surface area contributed by atoms with Crippen LogP contribution in [0.2, 0.25) is 0 Å². The monoisotopic (exact) mass is 358 g/mol. The molecule has 0 fully saturated rings. The van der Waals surface area contributed by atoms with Crippen molar-refractivity contribution in [3.63, 3.8) is 0 Å². The van der Waals surface area contributed by atoms with Gasteiger partial charge < -0.3 is 19.8 Å². The van der Waals surface area contributed by atoms with Gasteiger partial charge in [0.25, 0.3) is 0 Å². The van der Waals surface area contributed by atoms with E-state index in [-0.39, 0.29) is 0 Å². The van der Waals surface area contributed by atoms with Crippen LogP contribution in [-0.2, 0) is 11.3 Å². The van der Waals surface area contributed by atoms with Gasteiger partial charge in [-0.3, -0.25) is 0 Å². The molecule has 0 spiro atoms. The smallest absolute Gasteiger partial charge is 0.226 e. The summed E-state index contributed by atoms with van der Waals surface area (Å²) < 4.78 is 11.2. The van der Waals surface area contributed by atoms with Crippen molar-refractivity contribution in [2.75, 3.05) is 26.3 Å². The Kier molecular flexibility index (Phi) is 8.69. The SMILES string of the molecule is CCNC(=NCc1coc(-c2ccccc2)n1)NCCOCCC(C)C. The highest BCUT2D eigenvalue weighted by Crippen LogP contribution is 2.18. The number of rotatable bonds is 10. The number of oxazole rings is 1. The first kappa shape index (κ1) is 20.0. The second kappa shape index (κ2) is 11.3. The lowest BCUT2D eigenvalue weighted by atomic mass is 10.1. The van der Waals surface area contributed by atoms with Gasteiger partial charge in [0, 0.05) is 25.3 Å². The number of guanidine groups is 1. The summed E-state index contributed by atoms with van der Waals surface area (Å²) in [5.41, 5.74) is 1.76. The average molecular weight is 358 g/mol. The lowest BCUT2D eigenvalue weighted by molar-refractivity contribution is 0.128. The van der Waals surface area contributed by atoms with E-state index in [4.69, 9.17) is 9.15 Å². The maximum atomic E-state index is 5.62. The number of hydrogen-bond acceptors (Lipinski definition) is 4. The van der Waals surface area contributed by atoms with Gasteiger partial charge in [0.05, 0.1) is 13.2 Å². The Bertz CT molecular complexity index is 653. The number of ether oxygens (including phenoxy) is 1. The Balaban J connectivity index is 1.80. The molecule has 26 heavy (non-hydrogen) atoms. The fourth-order valence-electron chi connectivity index (χ4n) is 2.26. The first-order chi connectivity index (χ1) is 12.7. The zero-order valence-corrected chi connectivity index (χ0v) is 16.0. The molecule has 0 saturated heterocycles. The van der Waals surface area contributed by atoms with Crippen LogP contribution in [0.25, 0.3) is 11.5 Å². The van der Waals surface area contributed by atoms with E-state index in [0.29, 0.717) is 25.0 Å². The third-order valence-electron chi connectivity index (χ3n) is 3.69. The first-order valence-corrected chi connectivity index (χ1v) is 9.28. The van der Waals surface area contributed by atoms with E-state index in [0.717, 1.165) is 43.3 Å². The van der Waals surface area contributed by atoms with Crippen LogP contribution >= 0.6 is 0 Å². The summed E-state index contributed by atoms with van der Waals surface area (Å²) in [6.45, 7) is 9.88. The van der Waals surface area contributed by atoms with Crippen molar-refractivity contribution in [3.05, 3.63) is 42.3 Å². The first-order valence-electron chi connectivity index (χ1n) is 9.28. The van der Waals surface area contributed by atoms with E-state index in [9.17, 15) is 0 Å². The van der Waals surface area contributed by atoms with Crippen molar-refractivity contribution in [1.29, 1.82) is 0 Å². The van der Waals surface area contributed by atoms with Gasteiger partial charge >= 0.3 is 0 Å². The quantitative estimate of drug-likeness (QED) is 0.387. The highest BCUT2D eigenvalue weighted by atomic mass is 16.5. The van der Waals surface area contributed by atoms with Crippen molar-refractivity contribution in [1.82, 2.24) is 15.6 Å². The minimum atomic E-state index is 0.458. The Morgan fingerprint density at radius 1 is 1.19 bits per heavy atom. The van der Waals surface area contributed by atoms with Gasteiger partial charge in [-0.2, -0.15) is 0 Å². The number of hydrogen-bond donors (Lipinski definition) is 2. The molecule has 0 aliphatic heterocycles. The predicted octanol–water partition coefficient (Wildman–Crippen LogP) is 3.46. The molecule has 0 atom stereocenters. The van der Waals surface area contributed by atoms with Crippen molar-refractivity contribution < 1.29 is 9.15 Å². The molecule has 0 aliphatic carbocycles. The van der Waals surface area contributed by atoms with E-state index in [2.05, 4.69) is 34.5 Å². The van der Waals surface area contributed by atoms with Crippen LogP contribution in [0.4, 0.5) is 0 Å². The van der Waals surface area contributed by atoms with Crippen LogP contribution in [0.1, 0.15) is 32.9 Å². The molecular weight excluding hydrogens is 328 g/mol. The number of benzene rings is 1. The Morgan fingerprint density at radius 2 is 2.00 bits per heavy atom. The van der Waals surface area contributed by atoms with Crippen LogP contribution in [0.3, 0.4) is 0 Å². The second-order valence-corrected chi connectivity index (χ2v) is 6.43. The van der Waals surface area contributed by atoms with Gasteiger partial charge in [-0.05, 0) is 31.4 Å². The summed E-state index contributed by atoms with van der Waals surface area (Å²) in [6, 6.07) is 9.85. The molecule has 0 radical (unpaired) electrons. The maximum Gasteiger partial charge on any atom is 0.226 e. The molecule has 1 aromatic carbocycles. The molecule has 142 valence electrons. The lowest BCUT2D eigenvalue weighted by Crippen LogP contribution is -2.39. The van der Waals surface area contributed by atoms with E-state index in [1.54, 1.807) is 6.26 Å². The van der Waals surface area contributed by atoms with Crippen LogP contribution in [0.15, 0.2) is 46.0 Å². The normalized spacial score (nSPS) is 11.8. The van der Waals surface area contributed by atoms with Gasteiger partial charge in [-0.25, -0.2) is 9.98 Å². The molecule has 1 aromatic heterocycles. The summed E-state index contributed by atoms with van der Waals surface area (Å²) in [6.07, 6.45) is 2.74. The number of aromatic nitrogens is 1. The molecule has 0 amide bonds. The fourth-order valence-corrected chi connectivity index (χ4v) is 2.26. The summed E-state index contributed by atoms with van der Waals surface area (Å²) in [4.78, 5) is 9.05. The molecule has 6 heteroatoms. The summed E-state index contributed by atoms with van der Waals surface area (Å²) in [7, 11) is 0. The lowest BCUT2D eigenvalue weighted by Gasteiger charge is -2.11. The van der Waals surface area contributed by atoms with E-state index in [1.807, 2.05) is 37.3 Å². The van der Waals surface area contributed by atoms with Gasteiger partial charge in [0.15, 0.2) is 5.96 Å². The van der Waals surface area contributed by atoms with E-state index in [1.165, 1.54) is 0 Å². The molecule has 0 aliphatic rings. The fraction of sp³-hybridized carbons (Fsp3) is 0.500. The zero-order chi connectivity index (χ0) is 18.6. The molecule has 2 aromatic rings. The van der Waals surface area contributed by atoms with Crippen molar-refractivity contribution >= 4 is 5.96 Å². The molecule has 0 unspecified atom stereocenters. The van der Waals surface area contributed by atoms with E-state index >= 15 is 0 Å². The predicted molar refractivity (Wildman–Crippen MR) is 105 cm³/mol. The highest BCUT2D eigenvalue weighted by molar-refractivity contribution is 5.79.